The lowest BCUT2D eigenvalue weighted by Gasteiger charge is -2.16. The third kappa shape index (κ3) is 6.47. The highest BCUT2D eigenvalue weighted by Crippen LogP contribution is 2.37. The fourth-order valence-corrected chi connectivity index (χ4v) is 4.41. The molecule has 0 aliphatic carbocycles. The van der Waals surface area contributed by atoms with Crippen LogP contribution in [0.2, 0.25) is 5.02 Å². The van der Waals surface area contributed by atoms with Crippen molar-refractivity contribution in [1.29, 1.82) is 0 Å². The Morgan fingerprint density at radius 1 is 1.10 bits per heavy atom. The number of carbonyl (C=O) groups excluding carboxylic acids is 1. The predicted octanol–water partition coefficient (Wildman–Crippen LogP) is 6.00. The Morgan fingerprint density at radius 3 is 2.54 bits per heavy atom. The standard InChI is InChI=1S/C28H22ClF4NO5/c1-14-9-18-23(13-21(14)29)39-27(38)19(26(18)16-4-2-3-15(10-16)5-8-25(36)37)12-24(35)34-22-7-6-17(30)11-20(22)28(31,32)33/h2-4,6-7,9-11,13,25,36-37H,5,8,12H2,1H3,(H,34,35). The second-order valence-electron chi connectivity index (χ2n) is 8.97. The molecular formula is C28H22ClF4NO5. The normalized spacial score (nSPS) is 11.8. The number of hydrogen-bond donors (Lipinski definition) is 3. The number of benzene rings is 3. The molecule has 4 rings (SSSR count). The van der Waals surface area contributed by atoms with E-state index in [1.807, 2.05) is 0 Å². The summed E-state index contributed by atoms with van der Waals surface area (Å²) < 4.78 is 59.2. The van der Waals surface area contributed by atoms with Gasteiger partial charge < -0.3 is 19.9 Å². The first-order valence-electron chi connectivity index (χ1n) is 11.7. The summed E-state index contributed by atoms with van der Waals surface area (Å²) in [5, 5.41) is 21.4. The number of anilines is 1. The lowest BCUT2D eigenvalue weighted by molar-refractivity contribution is -0.137. The van der Waals surface area contributed by atoms with E-state index in [-0.39, 0.29) is 23.6 Å². The van der Waals surface area contributed by atoms with E-state index in [1.54, 1.807) is 37.3 Å². The van der Waals surface area contributed by atoms with Crippen molar-refractivity contribution in [1.82, 2.24) is 0 Å². The third-order valence-electron chi connectivity index (χ3n) is 6.09. The summed E-state index contributed by atoms with van der Waals surface area (Å²) in [4.78, 5) is 26.1. The quantitative estimate of drug-likeness (QED) is 0.145. The van der Waals surface area contributed by atoms with Gasteiger partial charge in [-0.05, 0) is 54.3 Å². The van der Waals surface area contributed by atoms with Gasteiger partial charge in [0.1, 0.15) is 11.4 Å². The molecule has 0 aliphatic rings. The maximum atomic E-state index is 13.5. The lowest BCUT2D eigenvalue weighted by atomic mass is 9.92. The first-order valence-corrected chi connectivity index (χ1v) is 12.1. The van der Waals surface area contributed by atoms with Crippen LogP contribution in [0, 0.1) is 12.7 Å². The van der Waals surface area contributed by atoms with Gasteiger partial charge in [0.05, 0.1) is 23.2 Å². The molecular weight excluding hydrogens is 542 g/mol. The Morgan fingerprint density at radius 2 is 1.85 bits per heavy atom. The molecule has 0 bridgehead atoms. The molecule has 4 aromatic rings. The Labute approximate surface area is 224 Å². The summed E-state index contributed by atoms with van der Waals surface area (Å²) >= 11 is 6.22. The number of aliphatic hydroxyl groups excluding tert-OH is 1. The molecule has 204 valence electrons. The molecule has 1 amide bonds. The Balaban J connectivity index is 1.82. The van der Waals surface area contributed by atoms with Crippen molar-refractivity contribution in [3.05, 3.63) is 98.1 Å². The first-order chi connectivity index (χ1) is 18.3. The van der Waals surface area contributed by atoms with Crippen molar-refractivity contribution in [3.8, 4) is 11.1 Å². The molecule has 1 heterocycles. The molecule has 0 unspecified atom stereocenters. The van der Waals surface area contributed by atoms with E-state index in [2.05, 4.69) is 5.32 Å². The number of aliphatic hydroxyl groups is 2. The van der Waals surface area contributed by atoms with Gasteiger partial charge in [-0.3, -0.25) is 4.79 Å². The summed E-state index contributed by atoms with van der Waals surface area (Å²) in [7, 11) is 0. The molecule has 0 spiro atoms. The van der Waals surface area contributed by atoms with Crippen LogP contribution in [-0.4, -0.2) is 22.4 Å². The number of fused-ring (bicyclic) bond motifs is 1. The highest BCUT2D eigenvalue weighted by Gasteiger charge is 2.34. The van der Waals surface area contributed by atoms with Crippen LogP contribution in [0.15, 0.2) is 63.8 Å². The fraction of sp³-hybridized carbons (Fsp3) is 0.214. The van der Waals surface area contributed by atoms with Crippen LogP contribution in [-0.2, 0) is 23.8 Å². The van der Waals surface area contributed by atoms with Crippen LogP contribution in [0.3, 0.4) is 0 Å². The number of halogens is 5. The molecule has 0 radical (unpaired) electrons. The third-order valence-corrected chi connectivity index (χ3v) is 6.49. The molecule has 11 heteroatoms. The summed E-state index contributed by atoms with van der Waals surface area (Å²) in [6.07, 6.45) is -6.74. The van der Waals surface area contributed by atoms with E-state index in [1.165, 1.54) is 6.07 Å². The molecule has 0 saturated heterocycles. The summed E-state index contributed by atoms with van der Waals surface area (Å²) in [5.74, 6) is -2.08. The number of amides is 1. The van der Waals surface area contributed by atoms with Gasteiger partial charge in [-0.1, -0.05) is 35.9 Å². The van der Waals surface area contributed by atoms with Gasteiger partial charge in [0.25, 0.3) is 0 Å². The molecule has 1 aromatic heterocycles. The molecule has 3 aromatic carbocycles. The maximum Gasteiger partial charge on any atom is 0.418 e. The monoisotopic (exact) mass is 563 g/mol. The summed E-state index contributed by atoms with van der Waals surface area (Å²) in [5.41, 5.74) is -0.713. The minimum atomic E-state index is -4.93. The molecule has 39 heavy (non-hydrogen) atoms. The Bertz CT molecular complexity index is 1610. The van der Waals surface area contributed by atoms with Crippen LogP contribution in [0.4, 0.5) is 23.2 Å². The smallest absolute Gasteiger partial charge is 0.418 e. The largest absolute Gasteiger partial charge is 0.422 e. The Hall–Kier alpha value is -3.73. The SMILES string of the molecule is Cc1cc2c(-c3cccc(CCC(O)O)c3)c(CC(=O)Nc3ccc(F)cc3C(F)(F)F)c(=O)oc2cc1Cl. The van der Waals surface area contributed by atoms with Gasteiger partial charge in [-0.15, -0.1) is 0 Å². The molecule has 0 fully saturated rings. The van der Waals surface area contributed by atoms with Crippen molar-refractivity contribution in [2.75, 3.05) is 5.32 Å². The number of carbonyl (C=O) groups is 1. The number of nitrogens with one attached hydrogen (secondary N) is 1. The highest BCUT2D eigenvalue weighted by molar-refractivity contribution is 6.32. The first kappa shape index (κ1) is 28.3. The van der Waals surface area contributed by atoms with Crippen molar-refractivity contribution >= 4 is 34.2 Å². The Kier molecular flexibility index (Phi) is 8.10. The van der Waals surface area contributed by atoms with Gasteiger partial charge in [0, 0.05) is 28.5 Å². The zero-order chi connectivity index (χ0) is 28.5. The van der Waals surface area contributed by atoms with Crippen LogP contribution in [0.1, 0.15) is 28.7 Å². The number of rotatable bonds is 7. The van der Waals surface area contributed by atoms with Gasteiger partial charge in [-0.2, -0.15) is 13.2 Å². The highest BCUT2D eigenvalue weighted by atomic mass is 35.5. The van der Waals surface area contributed by atoms with Crippen molar-refractivity contribution < 1.29 is 37.0 Å². The van der Waals surface area contributed by atoms with Crippen LogP contribution in [0.5, 0.6) is 0 Å². The van der Waals surface area contributed by atoms with Crippen molar-refractivity contribution in [2.45, 2.75) is 38.7 Å². The van der Waals surface area contributed by atoms with E-state index in [0.29, 0.717) is 39.1 Å². The van der Waals surface area contributed by atoms with E-state index in [0.717, 1.165) is 12.1 Å². The molecule has 6 nitrogen and oxygen atoms in total. The molecule has 0 atom stereocenters. The maximum absolute atomic E-state index is 13.5. The fourth-order valence-electron chi connectivity index (χ4n) is 4.25. The van der Waals surface area contributed by atoms with Gasteiger partial charge in [-0.25, -0.2) is 9.18 Å². The molecule has 0 saturated carbocycles. The zero-order valence-corrected chi connectivity index (χ0v) is 21.2. The van der Waals surface area contributed by atoms with Gasteiger partial charge in [0.2, 0.25) is 5.91 Å². The second kappa shape index (κ2) is 11.2. The van der Waals surface area contributed by atoms with Gasteiger partial charge >= 0.3 is 11.8 Å². The minimum absolute atomic E-state index is 0.0598. The lowest BCUT2D eigenvalue weighted by Crippen LogP contribution is -2.22. The topological polar surface area (TPSA) is 99.8 Å². The van der Waals surface area contributed by atoms with E-state index in [9.17, 15) is 37.4 Å². The van der Waals surface area contributed by atoms with E-state index < -0.39 is 47.5 Å². The van der Waals surface area contributed by atoms with E-state index >= 15 is 0 Å². The number of hydrogen-bond acceptors (Lipinski definition) is 5. The average molecular weight is 564 g/mol. The van der Waals surface area contributed by atoms with Gasteiger partial charge in [0.15, 0.2) is 6.29 Å². The minimum Gasteiger partial charge on any atom is -0.422 e. The van der Waals surface area contributed by atoms with Crippen LogP contribution < -0.4 is 10.9 Å². The zero-order valence-electron chi connectivity index (χ0n) is 20.4. The van der Waals surface area contributed by atoms with Crippen LogP contribution >= 0.6 is 11.6 Å². The van der Waals surface area contributed by atoms with Crippen LogP contribution in [0.25, 0.3) is 22.1 Å². The number of alkyl halides is 3. The summed E-state index contributed by atoms with van der Waals surface area (Å²) in [6.45, 7) is 1.73. The summed E-state index contributed by atoms with van der Waals surface area (Å²) in [6, 6.07) is 11.8. The van der Waals surface area contributed by atoms with Crippen molar-refractivity contribution in [2.24, 2.45) is 0 Å². The average Bonchev–Trinajstić information content (AvgIpc) is 2.85. The molecule has 0 aliphatic heterocycles. The van der Waals surface area contributed by atoms with Crippen molar-refractivity contribution in [3.63, 3.8) is 0 Å². The second-order valence-corrected chi connectivity index (χ2v) is 9.38. The van der Waals surface area contributed by atoms with E-state index in [4.69, 9.17) is 16.0 Å². The predicted molar refractivity (Wildman–Crippen MR) is 138 cm³/mol. The molecule has 3 N–H and O–H groups in total. The number of aryl methyl sites for hydroxylation is 2.